The molecule has 3 rings (SSSR count). The van der Waals surface area contributed by atoms with E-state index in [2.05, 4.69) is 5.32 Å². The Morgan fingerprint density at radius 2 is 1.72 bits per heavy atom. The Labute approximate surface area is 189 Å². The Morgan fingerprint density at radius 1 is 1.00 bits per heavy atom. The first kappa shape index (κ1) is 23.4. The van der Waals surface area contributed by atoms with Crippen molar-refractivity contribution < 1.29 is 23.8 Å². The molecule has 2 aromatic rings. The number of para-hydroxylation sites is 1. The number of carbonyl (C=O) groups excluding carboxylic acids is 2. The molecule has 1 fully saturated rings. The van der Waals surface area contributed by atoms with E-state index < -0.39 is 0 Å². The number of ether oxygens (including phenoxy) is 3. The molecule has 32 heavy (non-hydrogen) atoms. The highest BCUT2D eigenvalue weighted by molar-refractivity contribution is 5.95. The Morgan fingerprint density at radius 3 is 2.41 bits per heavy atom. The highest BCUT2D eigenvalue weighted by Crippen LogP contribution is 2.28. The Balaban J connectivity index is 1.34. The standard InChI is InChI=1S/C25H32N2O5/c1-30-22-11-10-20(17-23(22)31-2)25(29)27-14-12-19(13-15-27)18-26-24(28)9-6-16-32-21-7-4-3-5-8-21/h3-5,7-8,10-11,17,19H,6,9,12-16,18H2,1-2H3,(H,26,28). The highest BCUT2D eigenvalue weighted by Gasteiger charge is 2.24. The SMILES string of the molecule is COc1ccc(C(=O)N2CCC(CNC(=O)CCCOc3ccccc3)CC2)cc1OC. The summed E-state index contributed by atoms with van der Waals surface area (Å²) in [7, 11) is 3.13. The maximum atomic E-state index is 12.8. The van der Waals surface area contributed by atoms with Crippen molar-refractivity contribution in [2.75, 3.05) is 40.5 Å². The van der Waals surface area contributed by atoms with E-state index in [4.69, 9.17) is 14.2 Å². The van der Waals surface area contributed by atoms with Crippen molar-refractivity contribution in [1.82, 2.24) is 10.2 Å². The quantitative estimate of drug-likeness (QED) is 0.572. The molecule has 7 nitrogen and oxygen atoms in total. The van der Waals surface area contributed by atoms with E-state index in [1.807, 2.05) is 35.2 Å². The van der Waals surface area contributed by atoms with E-state index in [1.165, 1.54) is 0 Å². The second-order valence-corrected chi connectivity index (χ2v) is 7.87. The molecule has 1 N–H and O–H groups in total. The number of nitrogens with zero attached hydrogens (tertiary/aromatic N) is 1. The summed E-state index contributed by atoms with van der Waals surface area (Å²) in [6.07, 6.45) is 2.87. The zero-order valence-corrected chi connectivity index (χ0v) is 18.8. The van der Waals surface area contributed by atoms with Crippen molar-refractivity contribution in [3.05, 3.63) is 54.1 Å². The van der Waals surface area contributed by atoms with Crippen LogP contribution in [0.25, 0.3) is 0 Å². The average Bonchev–Trinajstić information content (AvgIpc) is 2.85. The first-order chi connectivity index (χ1) is 15.6. The van der Waals surface area contributed by atoms with Crippen molar-refractivity contribution in [2.45, 2.75) is 25.7 Å². The lowest BCUT2D eigenvalue weighted by molar-refractivity contribution is -0.121. The average molecular weight is 441 g/mol. The fourth-order valence-corrected chi connectivity index (χ4v) is 3.78. The molecule has 1 saturated heterocycles. The van der Waals surface area contributed by atoms with Gasteiger partial charge in [0.1, 0.15) is 5.75 Å². The Kier molecular flexibility index (Phi) is 8.78. The summed E-state index contributed by atoms with van der Waals surface area (Å²) >= 11 is 0. The molecule has 0 radical (unpaired) electrons. The van der Waals surface area contributed by atoms with Crippen LogP contribution in [0.15, 0.2) is 48.5 Å². The third-order valence-corrected chi connectivity index (χ3v) is 5.68. The maximum Gasteiger partial charge on any atom is 0.253 e. The van der Waals surface area contributed by atoms with Gasteiger partial charge in [0.05, 0.1) is 20.8 Å². The second kappa shape index (κ2) is 12.0. The molecular weight excluding hydrogens is 408 g/mol. The molecule has 1 aliphatic rings. The van der Waals surface area contributed by atoms with Gasteiger partial charge in [0.15, 0.2) is 11.5 Å². The van der Waals surface area contributed by atoms with E-state index in [9.17, 15) is 9.59 Å². The normalized spacial score (nSPS) is 14.0. The molecule has 0 aromatic heterocycles. The zero-order chi connectivity index (χ0) is 22.8. The summed E-state index contributed by atoms with van der Waals surface area (Å²) in [6.45, 7) is 2.53. The highest BCUT2D eigenvalue weighted by atomic mass is 16.5. The molecule has 0 spiro atoms. The Bertz CT molecular complexity index is 879. The van der Waals surface area contributed by atoms with Crippen LogP contribution in [0.5, 0.6) is 17.2 Å². The van der Waals surface area contributed by atoms with E-state index in [-0.39, 0.29) is 11.8 Å². The van der Waals surface area contributed by atoms with Crippen LogP contribution in [-0.4, -0.2) is 57.2 Å². The number of benzene rings is 2. The molecule has 0 unspecified atom stereocenters. The van der Waals surface area contributed by atoms with Gasteiger partial charge in [0.2, 0.25) is 5.91 Å². The summed E-state index contributed by atoms with van der Waals surface area (Å²) in [5, 5.41) is 3.03. The molecule has 1 heterocycles. The molecule has 0 atom stereocenters. The van der Waals surface area contributed by atoms with Gasteiger partial charge >= 0.3 is 0 Å². The molecule has 7 heteroatoms. The van der Waals surface area contributed by atoms with Gasteiger partial charge in [0, 0.05) is 31.6 Å². The van der Waals surface area contributed by atoms with Crippen molar-refractivity contribution in [3.8, 4) is 17.2 Å². The van der Waals surface area contributed by atoms with Crippen LogP contribution in [0.3, 0.4) is 0 Å². The van der Waals surface area contributed by atoms with Crippen LogP contribution in [-0.2, 0) is 4.79 Å². The molecule has 0 aliphatic carbocycles. The largest absolute Gasteiger partial charge is 0.494 e. The summed E-state index contributed by atoms with van der Waals surface area (Å²) < 4.78 is 16.2. The topological polar surface area (TPSA) is 77.1 Å². The minimum absolute atomic E-state index is 0.00754. The second-order valence-electron chi connectivity index (χ2n) is 7.87. The first-order valence-electron chi connectivity index (χ1n) is 11.1. The van der Waals surface area contributed by atoms with E-state index in [0.29, 0.717) is 62.1 Å². The monoisotopic (exact) mass is 440 g/mol. The Hall–Kier alpha value is -3.22. The van der Waals surface area contributed by atoms with Crippen molar-refractivity contribution in [1.29, 1.82) is 0 Å². The third kappa shape index (κ3) is 6.64. The van der Waals surface area contributed by atoms with Crippen LogP contribution in [0, 0.1) is 5.92 Å². The predicted molar refractivity (Wildman–Crippen MR) is 122 cm³/mol. The lowest BCUT2D eigenvalue weighted by Gasteiger charge is -2.32. The number of likely N-dealkylation sites (tertiary alicyclic amines) is 1. The first-order valence-corrected chi connectivity index (χ1v) is 11.1. The van der Waals surface area contributed by atoms with Gasteiger partial charge in [-0.05, 0) is 55.5 Å². The molecule has 0 saturated carbocycles. The summed E-state index contributed by atoms with van der Waals surface area (Å²) in [5.41, 5.74) is 0.590. The minimum atomic E-state index is -0.00754. The van der Waals surface area contributed by atoms with E-state index in [0.717, 1.165) is 18.6 Å². The van der Waals surface area contributed by atoms with Gasteiger partial charge in [-0.25, -0.2) is 0 Å². The number of methoxy groups -OCH3 is 2. The van der Waals surface area contributed by atoms with Gasteiger partial charge in [0.25, 0.3) is 5.91 Å². The maximum absolute atomic E-state index is 12.8. The fourth-order valence-electron chi connectivity index (χ4n) is 3.78. The molecular formula is C25H32N2O5. The van der Waals surface area contributed by atoms with Crippen LogP contribution in [0.1, 0.15) is 36.0 Å². The molecule has 2 amide bonds. The lowest BCUT2D eigenvalue weighted by atomic mass is 9.96. The van der Waals surface area contributed by atoms with Crippen LogP contribution in [0.2, 0.25) is 0 Å². The van der Waals surface area contributed by atoms with Crippen LogP contribution >= 0.6 is 0 Å². The summed E-state index contributed by atoms with van der Waals surface area (Å²) in [6, 6.07) is 14.8. The number of amides is 2. The summed E-state index contributed by atoms with van der Waals surface area (Å²) in [4.78, 5) is 26.8. The predicted octanol–water partition coefficient (Wildman–Crippen LogP) is 3.53. The third-order valence-electron chi connectivity index (χ3n) is 5.68. The van der Waals surface area contributed by atoms with E-state index in [1.54, 1.807) is 32.4 Å². The number of hydrogen-bond donors (Lipinski definition) is 1. The number of carbonyl (C=O) groups is 2. The number of rotatable bonds is 10. The zero-order valence-electron chi connectivity index (χ0n) is 18.8. The van der Waals surface area contributed by atoms with Gasteiger partial charge in [-0.3, -0.25) is 9.59 Å². The fraction of sp³-hybridized carbons (Fsp3) is 0.440. The van der Waals surface area contributed by atoms with Crippen molar-refractivity contribution in [3.63, 3.8) is 0 Å². The molecule has 1 aliphatic heterocycles. The van der Waals surface area contributed by atoms with Gasteiger partial charge in [-0.1, -0.05) is 18.2 Å². The van der Waals surface area contributed by atoms with Gasteiger partial charge < -0.3 is 24.4 Å². The summed E-state index contributed by atoms with van der Waals surface area (Å²) in [5.74, 6) is 2.39. The molecule has 2 aromatic carbocycles. The lowest BCUT2D eigenvalue weighted by Crippen LogP contribution is -2.41. The molecule has 0 bridgehead atoms. The van der Waals surface area contributed by atoms with Gasteiger partial charge in [-0.15, -0.1) is 0 Å². The molecule has 172 valence electrons. The van der Waals surface area contributed by atoms with E-state index >= 15 is 0 Å². The minimum Gasteiger partial charge on any atom is -0.494 e. The number of piperidine rings is 1. The van der Waals surface area contributed by atoms with Crippen LogP contribution in [0.4, 0.5) is 0 Å². The van der Waals surface area contributed by atoms with Crippen LogP contribution < -0.4 is 19.5 Å². The van der Waals surface area contributed by atoms with Crippen molar-refractivity contribution in [2.24, 2.45) is 5.92 Å². The number of nitrogens with one attached hydrogen (secondary N) is 1. The van der Waals surface area contributed by atoms with Gasteiger partial charge in [-0.2, -0.15) is 0 Å². The number of hydrogen-bond acceptors (Lipinski definition) is 5. The smallest absolute Gasteiger partial charge is 0.253 e. The van der Waals surface area contributed by atoms with Crippen molar-refractivity contribution >= 4 is 11.8 Å².